The van der Waals surface area contributed by atoms with Gasteiger partial charge in [-0.05, 0) is 18.1 Å². The molecule has 0 aromatic heterocycles. The number of methoxy groups -OCH3 is 2. The van der Waals surface area contributed by atoms with Crippen LogP contribution >= 0.6 is 0 Å². The minimum absolute atomic E-state index is 0.157. The van der Waals surface area contributed by atoms with Crippen LogP contribution in [-0.4, -0.2) is 26.2 Å². The highest BCUT2D eigenvalue weighted by Gasteiger charge is 2.44. The number of esters is 2. The summed E-state index contributed by atoms with van der Waals surface area (Å²) in [5.41, 5.74) is 3.23. The van der Waals surface area contributed by atoms with Crippen molar-refractivity contribution in [3.05, 3.63) is 53.8 Å². The van der Waals surface area contributed by atoms with E-state index in [-0.39, 0.29) is 6.42 Å². The van der Waals surface area contributed by atoms with E-state index >= 15 is 0 Å². The summed E-state index contributed by atoms with van der Waals surface area (Å²) in [6.07, 6.45) is 0.721. The highest BCUT2D eigenvalue weighted by atomic mass is 16.5. The largest absolute Gasteiger partial charge is 0.468 e. The molecule has 0 aliphatic rings. The lowest BCUT2D eigenvalue weighted by Gasteiger charge is -2.24. The molecule has 0 amide bonds. The van der Waals surface area contributed by atoms with Crippen molar-refractivity contribution in [1.29, 1.82) is 0 Å². The molecule has 0 unspecified atom stereocenters. The Bertz CT molecular complexity index is 537. The van der Waals surface area contributed by atoms with Crippen LogP contribution in [0, 0.1) is 5.41 Å². The van der Waals surface area contributed by atoms with Gasteiger partial charge in [0.15, 0.2) is 5.41 Å². The van der Waals surface area contributed by atoms with Crippen LogP contribution in [0.25, 0.3) is 0 Å². The molecule has 0 aliphatic heterocycles. The molecule has 0 atom stereocenters. The van der Waals surface area contributed by atoms with Crippen molar-refractivity contribution in [2.75, 3.05) is 14.2 Å². The van der Waals surface area contributed by atoms with Gasteiger partial charge in [0.2, 0.25) is 0 Å². The van der Waals surface area contributed by atoms with E-state index in [1.54, 1.807) is 0 Å². The van der Waals surface area contributed by atoms with Crippen LogP contribution in [0.5, 0.6) is 0 Å². The maximum absolute atomic E-state index is 12.0. The van der Waals surface area contributed by atoms with E-state index in [0.717, 1.165) is 11.1 Å². The maximum atomic E-state index is 12.0. The highest BCUT2D eigenvalue weighted by Crippen LogP contribution is 2.30. The Balaban J connectivity index is 2.98. The molecule has 0 heterocycles. The summed E-state index contributed by atoms with van der Waals surface area (Å²) >= 11 is 0. The topological polar surface area (TPSA) is 52.6 Å². The minimum atomic E-state index is -1.39. The normalized spacial score (nSPS) is 10.4. The Hall–Kier alpha value is -2.32. The summed E-state index contributed by atoms with van der Waals surface area (Å²) in [5, 5.41) is 0. The molecule has 4 heteroatoms. The fraction of sp³-hybridized carbons (Fsp3) is 0.353. The molecule has 0 saturated heterocycles. The molecule has 0 spiro atoms. The van der Waals surface area contributed by atoms with Gasteiger partial charge in [-0.3, -0.25) is 9.59 Å². The van der Waals surface area contributed by atoms with Gasteiger partial charge < -0.3 is 9.47 Å². The first kappa shape index (κ1) is 16.7. The van der Waals surface area contributed by atoms with Gasteiger partial charge in [0, 0.05) is 12.8 Å². The summed E-state index contributed by atoms with van der Waals surface area (Å²) in [6.45, 7) is 5.15. The molecule has 0 fully saturated rings. The van der Waals surface area contributed by atoms with Crippen molar-refractivity contribution in [3.8, 4) is 0 Å². The van der Waals surface area contributed by atoms with Gasteiger partial charge in [-0.15, -0.1) is 5.73 Å². The van der Waals surface area contributed by atoms with Crippen LogP contribution in [0.3, 0.4) is 0 Å². The fourth-order valence-corrected chi connectivity index (χ4v) is 2.13. The van der Waals surface area contributed by atoms with E-state index in [4.69, 9.17) is 9.47 Å². The monoisotopic (exact) mass is 288 g/mol. The van der Waals surface area contributed by atoms with Crippen molar-refractivity contribution in [3.63, 3.8) is 0 Å². The van der Waals surface area contributed by atoms with Crippen LogP contribution in [0.1, 0.15) is 18.9 Å². The molecule has 0 saturated carbocycles. The van der Waals surface area contributed by atoms with E-state index < -0.39 is 17.4 Å². The molecule has 1 rings (SSSR count). The Morgan fingerprint density at radius 3 is 2.10 bits per heavy atom. The maximum Gasteiger partial charge on any atom is 0.323 e. The number of ether oxygens (including phenoxy) is 2. The van der Waals surface area contributed by atoms with E-state index in [9.17, 15) is 9.59 Å². The van der Waals surface area contributed by atoms with Gasteiger partial charge in [-0.1, -0.05) is 36.9 Å². The number of hydrogen-bond donors (Lipinski definition) is 0. The molecule has 0 N–H and O–H groups in total. The van der Waals surface area contributed by atoms with Gasteiger partial charge in [0.25, 0.3) is 0 Å². The average Bonchev–Trinajstić information content (AvgIpc) is 2.53. The Morgan fingerprint density at radius 1 is 1.14 bits per heavy atom. The first-order valence-electron chi connectivity index (χ1n) is 6.56. The van der Waals surface area contributed by atoms with E-state index in [2.05, 4.69) is 12.3 Å². The SMILES string of the molecule is C=C=C(Cc1ccccc1)CC(C)(C(=O)OC)C(=O)OC. The third-order valence-electron chi connectivity index (χ3n) is 3.35. The van der Waals surface area contributed by atoms with Crippen molar-refractivity contribution in [2.45, 2.75) is 19.8 Å². The zero-order chi connectivity index (χ0) is 15.9. The predicted octanol–water partition coefficient (Wildman–Crippen LogP) is 2.68. The average molecular weight is 288 g/mol. The molecule has 112 valence electrons. The standard InChI is InChI=1S/C17H20O4/c1-5-13(11-14-9-7-6-8-10-14)12-17(2,15(18)20-3)16(19)21-4/h6-10H,1,11-12H2,2-4H3. The van der Waals surface area contributed by atoms with Gasteiger partial charge in [0.05, 0.1) is 14.2 Å². The van der Waals surface area contributed by atoms with E-state index in [1.807, 2.05) is 30.3 Å². The van der Waals surface area contributed by atoms with Crippen LogP contribution < -0.4 is 0 Å². The smallest absolute Gasteiger partial charge is 0.323 e. The number of carbonyl (C=O) groups excluding carboxylic acids is 2. The number of carbonyl (C=O) groups is 2. The summed E-state index contributed by atoms with van der Waals surface area (Å²) in [7, 11) is 2.50. The Labute approximate surface area is 125 Å². The molecule has 0 aliphatic carbocycles. The first-order chi connectivity index (χ1) is 9.97. The zero-order valence-electron chi connectivity index (χ0n) is 12.6. The van der Waals surface area contributed by atoms with Gasteiger partial charge in [0.1, 0.15) is 0 Å². The van der Waals surface area contributed by atoms with Crippen molar-refractivity contribution in [2.24, 2.45) is 5.41 Å². The minimum Gasteiger partial charge on any atom is -0.468 e. The Kier molecular flexibility index (Phi) is 5.94. The quantitative estimate of drug-likeness (QED) is 0.459. The predicted molar refractivity (Wildman–Crippen MR) is 79.6 cm³/mol. The second-order valence-electron chi connectivity index (χ2n) is 4.93. The van der Waals surface area contributed by atoms with E-state index in [1.165, 1.54) is 21.1 Å². The number of rotatable bonds is 6. The third-order valence-corrected chi connectivity index (χ3v) is 3.35. The third kappa shape index (κ3) is 4.07. The summed E-state index contributed by atoms with van der Waals surface area (Å²) in [5.74, 6) is -1.26. The van der Waals surface area contributed by atoms with Crippen LogP contribution in [-0.2, 0) is 25.5 Å². The lowest BCUT2D eigenvalue weighted by molar-refractivity contribution is -0.167. The molecule has 0 radical (unpaired) electrons. The zero-order valence-corrected chi connectivity index (χ0v) is 12.6. The molecule has 21 heavy (non-hydrogen) atoms. The number of hydrogen-bond acceptors (Lipinski definition) is 4. The molecule has 4 nitrogen and oxygen atoms in total. The van der Waals surface area contributed by atoms with Crippen molar-refractivity contribution in [1.82, 2.24) is 0 Å². The van der Waals surface area contributed by atoms with Gasteiger partial charge in [-0.2, -0.15) is 0 Å². The van der Waals surface area contributed by atoms with Crippen LogP contribution in [0.2, 0.25) is 0 Å². The summed E-state index contributed by atoms with van der Waals surface area (Å²) in [6, 6.07) is 9.70. The lowest BCUT2D eigenvalue weighted by atomic mass is 9.82. The van der Waals surface area contributed by atoms with Crippen LogP contribution in [0.15, 0.2) is 48.2 Å². The number of benzene rings is 1. The molecule has 1 aromatic carbocycles. The summed E-state index contributed by atoms with van der Waals surface area (Å²) < 4.78 is 9.47. The molecule has 0 bridgehead atoms. The Morgan fingerprint density at radius 2 is 1.67 bits per heavy atom. The van der Waals surface area contributed by atoms with Gasteiger partial charge >= 0.3 is 11.9 Å². The molecular weight excluding hydrogens is 268 g/mol. The fourth-order valence-electron chi connectivity index (χ4n) is 2.13. The van der Waals surface area contributed by atoms with Crippen LogP contribution in [0.4, 0.5) is 0 Å². The van der Waals surface area contributed by atoms with Gasteiger partial charge in [-0.25, -0.2) is 0 Å². The number of allylic oxidation sites excluding steroid dienone is 1. The second kappa shape index (κ2) is 7.46. The lowest BCUT2D eigenvalue weighted by Crippen LogP contribution is -2.39. The second-order valence-corrected chi connectivity index (χ2v) is 4.93. The first-order valence-corrected chi connectivity index (χ1v) is 6.56. The highest BCUT2D eigenvalue weighted by molar-refractivity contribution is 5.99. The van der Waals surface area contributed by atoms with Crippen molar-refractivity contribution < 1.29 is 19.1 Å². The summed E-state index contributed by atoms with van der Waals surface area (Å²) in [4.78, 5) is 23.9. The molecular formula is C17H20O4. The molecule has 1 aromatic rings. The van der Waals surface area contributed by atoms with E-state index in [0.29, 0.717) is 6.42 Å². The van der Waals surface area contributed by atoms with Crippen molar-refractivity contribution >= 4 is 11.9 Å².